The van der Waals surface area contributed by atoms with Gasteiger partial charge >= 0.3 is 6.18 Å². The van der Waals surface area contributed by atoms with Gasteiger partial charge in [-0.05, 0) is 74.9 Å². The van der Waals surface area contributed by atoms with E-state index in [0.29, 0.717) is 50.3 Å². The van der Waals surface area contributed by atoms with Crippen LogP contribution in [0.25, 0.3) is 11.4 Å². The van der Waals surface area contributed by atoms with Crippen LogP contribution in [-0.2, 0) is 11.8 Å². The van der Waals surface area contributed by atoms with Crippen molar-refractivity contribution in [1.29, 1.82) is 0 Å². The molecule has 4 aromatic heterocycles. The Kier molecular flexibility index (Phi) is 7.87. The van der Waals surface area contributed by atoms with Gasteiger partial charge in [0.1, 0.15) is 11.4 Å². The Morgan fingerprint density at radius 1 is 1.00 bits per heavy atom. The Labute approximate surface area is 246 Å². The summed E-state index contributed by atoms with van der Waals surface area (Å²) < 4.78 is 41.1. The molecule has 0 bridgehead atoms. The molecule has 6 rings (SSSR count). The molecule has 43 heavy (non-hydrogen) atoms. The average molecular weight is 592 g/mol. The van der Waals surface area contributed by atoms with Crippen LogP contribution < -0.4 is 10.2 Å². The lowest BCUT2D eigenvalue weighted by Crippen LogP contribution is -2.40. The van der Waals surface area contributed by atoms with Gasteiger partial charge in [-0.15, -0.1) is 0 Å². The van der Waals surface area contributed by atoms with Crippen LogP contribution in [0.4, 0.5) is 24.7 Å². The van der Waals surface area contributed by atoms with Crippen LogP contribution >= 0.6 is 0 Å². The number of aromatic nitrogens is 5. The summed E-state index contributed by atoms with van der Waals surface area (Å²) in [5.74, 6) is 0.358. The second-order valence-electron chi connectivity index (χ2n) is 11.3. The highest BCUT2D eigenvalue weighted by molar-refractivity contribution is 5.83. The van der Waals surface area contributed by atoms with Gasteiger partial charge in [0.05, 0.1) is 22.9 Å². The summed E-state index contributed by atoms with van der Waals surface area (Å²) in [5.41, 5.74) is 0.457. The van der Waals surface area contributed by atoms with E-state index in [4.69, 9.17) is 0 Å². The van der Waals surface area contributed by atoms with Crippen LogP contribution in [0, 0.1) is 5.92 Å². The quantitative estimate of drug-likeness (QED) is 0.300. The van der Waals surface area contributed by atoms with Gasteiger partial charge in [-0.2, -0.15) is 13.2 Å². The Morgan fingerprint density at radius 3 is 2.51 bits per heavy atom. The fourth-order valence-corrected chi connectivity index (χ4v) is 5.97. The first-order valence-electron chi connectivity index (χ1n) is 14.4. The van der Waals surface area contributed by atoms with Crippen LogP contribution in [0.2, 0.25) is 0 Å². The molecule has 2 fully saturated rings. The van der Waals surface area contributed by atoms with E-state index in [1.165, 1.54) is 0 Å². The largest absolute Gasteiger partial charge is 0.416 e. The van der Waals surface area contributed by atoms with Crippen LogP contribution in [0.5, 0.6) is 0 Å². The summed E-state index contributed by atoms with van der Waals surface area (Å²) in [7, 11) is 0. The highest BCUT2D eigenvalue weighted by Crippen LogP contribution is 2.38. The Hall–Kier alpha value is -4.32. The van der Waals surface area contributed by atoms with Gasteiger partial charge in [0.15, 0.2) is 5.82 Å². The second-order valence-corrected chi connectivity index (χ2v) is 11.3. The van der Waals surface area contributed by atoms with Gasteiger partial charge in [-0.3, -0.25) is 14.3 Å². The van der Waals surface area contributed by atoms with Crippen molar-refractivity contribution in [2.75, 3.05) is 23.3 Å². The first-order valence-corrected chi connectivity index (χ1v) is 14.4. The average Bonchev–Trinajstić information content (AvgIpc) is 3.50. The van der Waals surface area contributed by atoms with Gasteiger partial charge in [-0.1, -0.05) is 0 Å². The van der Waals surface area contributed by atoms with Crippen LogP contribution in [0.15, 0.2) is 73.6 Å². The summed E-state index contributed by atoms with van der Waals surface area (Å²) in [4.78, 5) is 32.2. The van der Waals surface area contributed by atoms with E-state index in [2.05, 4.69) is 25.3 Å². The third-order valence-corrected chi connectivity index (χ3v) is 8.36. The normalized spacial score (nSPS) is 22.7. The molecule has 5 heterocycles. The fourth-order valence-electron chi connectivity index (χ4n) is 5.97. The van der Waals surface area contributed by atoms with E-state index in [0.717, 1.165) is 42.4 Å². The predicted molar refractivity (Wildman–Crippen MR) is 154 cm³/mol. The summed E-state index contributed by atoms with van der Waals surface area (Å²) in [6.45, 7) is 0.856. The highest BCUT2D eigenvalue weighted by Gasteiger charge is 2.36. The molecular weight excluding hydrogens is 559 g/mol. The molecule has 1 aliphatic carbocycles. The second kappa shape index (κ2) is 11.8. The van der Waals surface area contributed by atoms with Crippen LogP contribution in [0.3, 0.4) is 0 Å². The van der Waals surface area contributed by atoms with Crippen molar-refractivity contribution in [1.82, 2.24) is 24.5 Å². The maximum atomic E-state index is 13.3. The minimum absolute atomic E-state index is 0.0989. The number of hydrogen-bond donors (Lipinski definition) is 2. The molecule has 1 aliphatic heterocycles. The molecule has 2 N–H and O–H groups in total. The smallest absolute Gasteiger partial charge is 0.384 e. The number of carbonyl (C=O) groups is 1. The van der Waals surface area contributed by atoms with Gasteiger partial charge in [0.2, 0.25) is 5.91 Å². The molecule has 0 aromatic carbocycles. The lowest BCUT2D eigenvalue weighted by Gasteiger charge is -2.36. The number of aliphatic hydroxyl groups is 1. The Bertz CT molecular complexity index is 1550. The summed E-state index contributed by atoms with van der Waals surface area (Å²) in [6.07, 6.45) is 9.10. The molecule has 1 saturated heterocycles. The minimum Gasteiger partial charge on any atom is -0.384 e. The van der Waals surface area contributed by atoms with Gasteiger partial charge in [-0.25, -0.2) is 15.0 Å². The molecule has 1 atom stereocenters. The van der Waals surface area contributed by atoms with Crippen molar-refractivity contribution in [3.8, 4) is 11.4 Å². The first kappa shape index (κ1) is 28.8. The Balaban J connectivity index is 1.04. The number of alkyl halides is 3. The third-order valence-electron chi connectivity index (χ3n) is 8.36. The van der Waals surface area contributed by atoms with Crippen molar-refractivity contribution in [2.24, 2.45) is 5.92 Å². The third kappa shape index (κ3) is 6.38. The lowest BCUT2D eigenvalue weighted by molar-refractivity contribution is -0.137. The molecule has 9 nitrogen and oxygen atoms in total. The molecule has 4 aromatic rings. The topological polar surface area (TPSA) is 109 Å². The van der Waals surface area contributed by atoms with Crippen molar-refractivity contribution in [3.05, 3.63) is 84.8 Å². The number of halogens is 3. The summed E-state index contributed by atoms with van der Waals surface area (Å²) in [6, 6.07) is 9.43. The number of carbonyl (C=O) groups excluding carboxylic acids is 1. The predicted octanol–water partition coefficient (Wildman–Crippen LogP) is 5.55. The molecule has 1 saturated carbocycles. The van der Waals surface area contributed by atoms with Gasteiger partial charge < -0.3 is 15.3 Å². The van der Waals surface area contributed by atoms with E-state index in [1.807, 2.05) is 18.2 Å². The van der Waals surface area contributed by atoms with E-state index < -0.39 is 17.3 Å². The van der Waals surface area contributed by atoms with E-state index >= 15 is 0 Å². The number of piperidine rings is 1. The van der Waals surface area contributed by atoms with Crippen molar-refractivity contribution in [3.63, 3.8) is 0 Å². The van der Waals surface area contributed by atoms with E-state index in [1.54, 1.807) is 46.5 Å². The van der Waals surface area contributed by atoms with E-state index in [9.17, 15) is 23.1 Å². The zero-order valence-corrected chi connectivity index (χ0v) is 23.4. The standard InChI is InChI=1S/C31H32F3N7O2/c32-31(33,34)23-8-14-35-27(17-23)40-15-1-3-22(19-40)29(42)41-16-9-25(20-41)39-24-6-10-30(43,11-7-24)26-5-4-21(18-38-26)28-36-12-2-13-37-28/h2,4-5,8-9,12-14,16-18,20,22,24,39,43H,1,3,6-7,10-11,15,19H2. The zero-order valence-electron chi connectivity index (χ0n) is 23.4. The highest BCUT2D eigenvalue weighted by atomic mass is 19.4. The SMILES string of the molecule is O=C(C1CCCN(c2cc(C(F)(F)F)ccn2)C1)n1ccc(NC2CCC(O)(c3ccc(-c4ncccn4)cn3)CC2)c1. The minimum atomic E-state index is -4.45. The fraction of sp³-hybridized carbons (Fsp3) is 0.387. The molecule has 1 unspecified atom stereocenters. The lowest BCUT2D eigenvalue weighted by atomic mass is 9.79. The van der Waals surface area contributed by atoms with Crippen molar-refractivity contribution < 1.29 is 23.1 Å². The maximum Gasteiger partial charge on any atom is 0.416 e. The zero-order chi connectivity index (χ0) is 30.0. The van der Waals surface area contributed by atoms with E-state index in [-0.39, 0.29) is 23.7 Å². The molecule has 0 radical (unpaired) electrons. The number of rotatable bonds is 6. The molecule has 2 aliphatic rings. The monoisotopic (exact) mass is 591 g/mol. The number of anilines is 2. The van der Waals surface area contributed by atoms with Gasteiger partial charge in [0.25, 0.3) is 0 Å². The first-order chi connectivity index (χ1) is 20.7. The molecule has 0 spiro atoms. The molecular formula is C31H32F3N7O2. The Morgan fingerprint density at radius 2 is 1.79 bits per heavy atom. The van der Waals surface area contributed by atoms with Crippen LogP contribution in [0.1, 0.15) is 54.6 Å². The summed E-state index contributed by atoms with van der Waals surface area (Å²) >= 11 is 0. The van der Waals surface area contributed by atoms with Crippen molar-refractivity contribution >= 4 is 17.4 Å². The summed E-state index contributed by atoms with van der Waals surface area (Å²) in [5, 5.41) is 14.8. The van der Waals surface area contributed by atoms with Gasteiger partial charge in [0, 0.05) is 61.9 Å². The molecule has 12 heteroatoms. The molecule has 224 valence electrons. The number of nitrogens with zero attached hydrogens (tertiary/aromatic N) is 6. The maximum absolute atomic E-state index is 13.3. The number of pyridine rings is 2. The van der Waals surface area contributed by atoms with Crippen LogP contribution in [-0.4, -0.2) is 54.6 Å². The number of nitrogens with one attached hydrogen (secondary N) is 1. The van der Waals surface area contributed by atoms with Crippen molar-refractivity contribution in [2.45, 2.75) is 56.3 Å². The number of hydrogen-bond acceptors (Lipinski definition) is 8. The molecule has 0 amide bonds.